The molecule has 2 rings (SSSR count). The molecule has 4 N–H and O–H groups in total. The summed E-state index contributed by atoms with van der Waals surface area (Å²) in [7, 11) is 0. The highest BCUT2D eigenvalue weighted by molar-refractivity contribution is 7.80. The van der Waals surface area contributed by atoms with Crippen LogP contribution in [0.4, 0.5) is 0 Å². The quantitative estimate of drug-likeness (QED) is 0.316. The molecule has 0 radical (unpaired) electrons. The first-order valence-corrected chi connectivity index (χ1v) is 4.97. The molecule has 3 nitrogen and oxygen atoms in total. The fourth-order valence-corrected chi connectivity index (χ4v) is 2.78. The first kappa shape index (κ1) is 8.26. The zero-order valence-corrected chi connectivity index (χ0v) is 7.86. The first-order chi connectivity index (χ1) is 5.79. The molecule has 3 atom stereocenters. The zero-order chi connectivity index (χ0) is 8.55. The molecule has 0 spiro atoms. The standard InChI is InChI=1S/C8H15N3S/c9-11-8(12)10-7-4-5-1-2-6(7)3-5/h5-7H,1-4,9H2,(H2,10,11,12)/t5-,6-,7+/m0/s1. The Labute approximate surface area is 78.1 Å². The normalized spacial score (nSPS) is 38.2. The Hall–Kier alpha value is -0.350. The van der Waals surface area contributed by atoms with E-state index in [0.717, 1.165) is 11.8 Å². The third-order valence-electron chi connectivity index (χ3n) is 3.19. The van der Waals surface area contributed by atoms with Crippen LogP contribution in [0.3, 0.4) is 0 Å². The molecule has 2 aliphatic rings. The summed E-state index contributed by atoms with van der Waals surface area (Å²) in [5, 5.41) is 3.85. The Bertz CT molecular complexity index is 195. The molecule has 68 valence electrons. The third kappa shape index (κ3) is 1.41. The van der Waals surface area contributed by atoms with E-state index in [4.69, 9.17) is 18.1 Å². The highest BCUT2D eigenvalue weighted by Crippen LogP contribution is 2.44. The van der Waals surface area contributed by atoms with Gasteiger partial charge >= 0.3 is 0 Å². The number of thiocarbonyl (C=S) groups is 1. The highest BCUT2D eigenvalue weighted by Gasteiger charge is 2.39. The molecule has 2 fully saturated rings. The van der Waals surface area contributed by atoms with Gasteiger partial charge in [0.25, 0.3) is 0 Å². The average molecular weight is 185 g/mol. The lowest BCUT2D eigenvalue weighted by atomic mass is 9.96. The van der Waals surface area contributed by atoms with Gasteiger partial charge in [-0.3, -0.25) is 0 Å². The molecule has 2 aliphatic carbocycles. The van der Waals surface area contributed by atoms with Crippen molar-refractivity contribution in [2.45, 2.75) is 31.7 Å². The van der Waals surface area contributed by atoms with Crippen molar-refractivity contribution in [1.82, 2.24) is 10.7 Å². The SMILES string of the molecule is NNC(=S)N[C@@H]1C[C@H]2CC[C@H]1C2. The minimum Gasteiger partial charge on any atom is -0.359 e. The third-order valence-corrected chi connectivity index (χ3v) is 3.42. The maximum atomic E-state index is 5.19. The van der Waals surface area contributed by atoms with E-state index in [9.17, 15) is 0 Å². The van der Waals surface area contributed by atoms with Gasteiger partial charge in [-0.25, -0.2) is 5.84 Å². The van der Waals surface area contributed by atoms with E-state index in [1.54, 1.807) is 0 Å². The maximum absolute atomic E-state index is 5.19. The van der Waals surface area contributed by atoms with Crippen LogP contribution in [-0.2, 0) is 0 Å². The predicted molar refractivity (Wildman–Crippen MR) is 52.3 cm³/mol. The van der Waals surface area contributed by atoms with Crippen molar-refractivity contribution in [1.29, 1.82) is 0 Å². The minimum absolute atomic E-state index is 0.590. The zero-order valence-electron chi connectivity index (χ0n) is 7.05. The molecule has 0 heterocycles. The van der Waals surface area contributed by atoms with Gasteiger partial charge < -0.3 is 10.7 Å². The van der Waals surface area contributed by atoms with Gasteiger partial charge in [0.05, 0.1) is 0 Å². The van der Waals surface area contributed by atoms with Gasteiger partial charge in [-0.1, -0.05) is 6.42 Å². The van der Waals surface area contributed by atoms with Crippen molar-refractivity contribution < 1.29 is 0 Å². The fraction of sp³-hybridized carbons (Fsp3) is 0.875. The molecule has 4 heteroatoms. The Kier molecular flexibility index (Phi) is 2.19. The molecule has 0 aromatic heterocycles. The van der Waals surface area contributed by atoms with Gasteiger partial charge in [0.15, 0.2) is 5.11 Å². The molecular formula is C8H15N3S. The second-order valence-electron chi connectivity index (χ2n) is 3.90. The lowest BCUT2D eigenvalue weighted by Crippen LogP contribution is -2.46. The summed E-state index contributed by atoms with van der Waals surface area (Å²) in [4.78, 5) is 0. The van der Waals surface area contributed by atoms with Crippen molar-refractivity contribution in [3.8, 4) is 0 Å². The number of rotatable bonds is 1. The predicted octanol–water partition coefficient (Wildman–Crippen LogP) is 0.513. The molecule has 0 unspecified atom stereocenters. The van der Waals surface area contributed by atoms with Crippen molar-refractivity contribution in [3.63, 3.8) is 0 Å². The van der Waals surface area contributed by atoms with E-state index >= 15 is 0 Å². The lowest BCUT2D eigenvalue weighted by molar-refractivity contribution is 0.389. The minimum atomic E-state index is 0.590. The summed E-state index contributed by atoms with van der Waals surface area (Å²) in [6.07, 6.45) is 5.47. The van der Waals surface area contributed by atoms with Crippen molar-refractivity contribution in [3.05, 3.63) is 0 Å². The Morgan fingerprint density at radius 3 is 2.67 bits per heavy atom. The smallest absolute Gasteiger partial charge is 0.180 e. The van der Waals surface area contributed by atoms with Crippen molar-refractivity contribution >= 4 is 17.3 Å². The van der Waals surface area contributed by atoms with Crippen LogP contribution in [0.25, 0.3) is 0 Å². The molecular weight excluding hydrogens is 170 g/mol. The Balaban J connectivity index is 1.86. The largest absolute Gasteiger partial charge is 0.359 e. The molecule has 0 amide bonds. The van der Waals surface area contributed by atoms with E-state index in [1.165, 1.54) is 25.7 Å². The van der Waals surface area contributed by atoms with Crippen LogP contribution in [-0.4, -0.2) is 11.2 Å². The second-order valence-corrected chi connectivity index (χ2v) is 4.31. The molecule has 0 aliphatic heterocycles. The van der Waals surface area contributed by atoms with E-state index in [0.29, 0.717) is 11.2 Å². The molecule has 0 aromatic rings. The molecule has 12 heavy (non-hydrogen) atoms. The summed E-state index contributed by atoms with van der Waals surface area (Å²) in [6.45, 7) is 0. The van der Waals surface area contributed by atoms with E-state index in [-0.39, 0.29) is 0 Å². The van der Waals surface area contributed by atoms with Crippen LogP contribution >= 0.6 is 12.2 Å². The van der Waals surface area contributed by atoms with Gasteiger partial charge in [-0.05, 0) is 43.3 Å². The van der Waals surface area contributed by atoms with Crippen LogP contribution in [0.1, 0.15) is 25.7 Å². The summed E-state index contributed by atoms with van der Waals surface area (Å²) < 4.78 is 0. The van der Waals surface area contributed by atoms with Crippen LogP contribution < -0.4 is 16.6 Å². The Morgan fingerprint density at radius 1 is 1.33 bits per heavy atom. The summed E-state index contributed by atoms with van der Waals surface area (Å²) >= 11 is 4.96. The lowest BCUT2D eigenvalue weighted by Gasteiger charge is -2.23. The Morgan fingerprint density at radius 2 is 2.17 bits per heavy atom. The topological polar surface area (TPSA) is 50.1 Å². The van der Waals surface area contributed by atoms with Gasteiger partial charge in [-0.15, -0.1) is 0 Å². The molecule has 2 bridgehead atoms. The summed E-state index contributed by atoms with van der Waals surface area (Å²) in [5.41, 5.74) is 2.47. The van der Waals surface area contributed by atoms with Gasteiger partial charge in [0.2, 0.25) is 0 Å². The van der Waals surface area contributed by atoms with Crippen LogP contribution in [0.5, 0.6) is 0 Å². The number of hydrogen-bond donors (Lipinski definition) is 3. The number of nitrogens with two attached hydrogens (primary N) is 1. The molecule has 0 saturated heterocycles. The number of hydrazine groups is 1. The second kappa shape index (κ2) is 3.18. The highest BCUT2D eigenvalue weighted by atomic mass is 32.1. The van der Waals surface area contributed by atoms with Crippen molar-refractivity contribution in [2.75, 3.05) is 0 Å². The van der Waals surface area contributed by atoms with Gasteiger partial charge in [0, 0.05) is 6.04 Å². The number of fused-ring (bicyclic) bond motifs is 2. The maximum Gasteiger partial charge on any atom is 0.180 e. The van der Waals surface area contributed by atoms with Gasteiger partial charge in [0.1, 0.15) is 0 Å². The molecule has 0 aromatic carbocycles. The molecule has 2 saturated carbocycles. The van der Waals surface area contributed by atoms with Crippen LogP contribution in [0.15, 0.2) is 0 Å². The van der Waals surface area contributed by atoms with Crippen molar-refractivity contribution in [2.24, 2.45) is 17.7 Å². The number of hydrogen-bond acceptors (Lipinski definition) is 2. The van der Waals surface area contributed by atoms with Crippen LogP contribution in [0, 0.1) is 11.8 Å². The summed E-state index contributed by atoms with van der Waals surface area (Å²) in [6, 6.07) is 0.590. The van der Waals surface area contributed by atoms with E-state index in [2.05, 4.69) is 10.7 Å². The van der Waals surface area contributed by atoms with E-state index in [1.807, 2.05) is 0 Å². The summed E-state index contributed by atoms with van der Waals surface area (Å²) in [5.74, 6) is 6.99. The van der Waals surface area contributed by atoms with Crippen LogP contribution in [0.2, 0.25) is 0 Å². The fourth-order valence-electron chi connectivity index (χ4n) is 2.63. The van der Waals surface area contributed by atoms with Gasteiger partial charge in [-0.2, -0.15) is 0 Å². The monoisotopic (exact) mass is 185 g/mol. The van der Waals surface area contributed by atoms with E-state index < -0.39 is 0 Å². The first-order valence-electron chi connectivity index (χ1n) is 4.56. The average Bonchev–Trinajstić information content (AvgIpc) is 2.64. The number of nitrogens with one attached hydrogen (secondary N) is 2.